The molecule has 1 amide bonds. The maximum absolute atomic E-state index is 14.4. The molecular formula is C20H27F3N4O. The van der Waals surface area contributed by atoms with Crippen molar-refractivity contribution in [3.63, 3.8) is 0 Å². The second-order valence-corrected chi connectivity index (χ2v) is 6.96. The molecule has 2 heterocycles. The predicted molar refractivity (Wildman–Crippen MR) is 101 cm³/mol. The van der Waals surface area contributed by atoms with E-state index in [0.717, 1.165) is 31.2 Å². The number of nitrogens with zero attached hydrogens (tertiary/aromatic N) is 3. The second kappa shape index (κ2) is 9.71. The molecule has 1 N–H and O–H groups in total. The summed E-state index contributed by atoms with van der Waals surface area (Å²) in [6.07, 6.45) is 4.88. The Labute approximate surface area is 163 Å². The zero-order chi connectivity index (χ0) is 20.7. The van der Waals surface area contributed by atoms with E-state index in [1.807, 2.05) is 19.9 Å². The molecule has 0 aliphatic rings. The minimum absolute atomic E-state index is 0.604. The van der Waals surface area contributed by atoms with Crippen molar-refractivity contribution in [2.75, 3.05) is 0 Å². The first kappa shape index (κ1) is 21.9. The number of aryl methyl sites for hydroxylation is 1. The summed E-state index contributed by atoms with van der Waals surface area (Å²) in [7, 11) is 1.19. The average Bonchev–Trinajstić information content (AvgIpc) is 3.00. The SMILES string of the molecule is CCCCC(CCCC)(NC(=O)c1c(C(F)F)nn(C)c1F)c1cccnc1. The molecular weight excluding hydrogens is 369 g/mol. The Morgan fingerprint density at radius 2 is 1.89 bits per heavy atom. The fraction of sp³-hybridized carbons (Fsp3) is 0.550. The van der Waals surface area contributed by atoms with Crippen LogP contribution in [0.2, 0.25) is 0 Å². The van der Waals surface area contributed by atoms with Crippen molar-refractivity contribution in [3.8, 4) is 0 Å². The molecule has 2 aromatic rings. The molecule has 28 heavy (non-hydrogen) atoms. The smallest absolute Gasteiger partial charge is 0.283 e. The number of hydrogen-bond donors (Lipinski definition) is 1. The van der Waals surface area contributed by atoms with Gasteiger partial charge in [-0.25, -0.2) is 13.5 Å². The first-order chi connectivity index (χ1) is 13.4. The third kappa shape index (κ3) is 4.72. The van der Waals surface area contributed by atoms with E-state index in [0.29, 0.717) is 17.5 Å². The van der Waals surface area contributed by atoms with Crippen LogP contribution in [0.15, 0.2) is 24.5 Å². The van der Waals surface area contributed by atoms with E-state index in [-0.39, 0.29) is 0 Å². The number of nitrogens with one attached hydrogen (secondary N) is 1. The number of carbonyl (C=O) groups excluding carboxylic acids is 1. The molecule has 0 saturated heterocycles. The maximum atomic E-state index is 14.4. The van der Waals surface area contributed by atoms with Gasteiger partial charge in [0.25, 0.3) is 12.3 Å². The molecule has 0 spiro atoms. The van der Waals surface area contributed by atoms with Gasteiger partial charge in [-0.15, -0.1) is 0 Å². The number of aromatic nitrogens is 3. The van der Waals surface area contributed by atoms with Crippen LogP contribution in [0.5, 0.6) is 0 Å². The molecule has 0 radical (unpaired) electrons. The first-order valence-corrected chi connectivity index (χ1v) is 9.59. The van der Waals surface area contributed by atoms with Crippen LogP contribution in [0.3, 0.4) is 0 Å². The van der Waals surface area contributed by atoms with E-state index < -0.39 is 35.1 Å². The van der Waals surface area contributed by atoms with Crippen LogP contribution in [0, 0.1) is 5.95 Å². The number of hydrogen-bond acceptors (Lipinski definition) is 3. The largest absolute Gasteiger partial charge is 0.342 e. The number of carbonyl (C=O) groups is 1. The Balaban J connectivity index is 2.48. The van der Waals surface area contributed by atoms with E-state index in [9.17, 15) is 18.0 Å². The molecule has 0 bridgehead atoms. The zero-order valence-electron chi connectivity index (χ0n) is 16.5. The molecule has 0 aromatic carbocycles. The number of amides is 1. The molecule has 2 aromatic heterocycles. The monoisotopic (exact) mass is 396 g/mol. The summed E-state index contributed by atoms with van der Waals surface area (Å²) < 4.78 is 41.7. The van der Waals surface area contributed by atoms with Gasteiger partial charge >= 0.3 is 0 Å². The van der Waals surface area contributed by atoms with Gasteiger partial charge in [-0.05, 0) is 24.5 Å². The standard InChI is InChI=1S/C20H27F3N4O/c1-4-6-10-20(11-7-5-2,14-9-8-12-24-13-14)25-19(28)15-16(17(21)22)26-27(3)18(15)23/h8-9,12-13,17H,4-7,10-11H2,1-3H3,(H,25,28). The second-order valence-electron chi connectivity index (χ2n) is 6.96. The summed E-state index contributed by atoms with van der Waals surface area (Å²) in [5, 5.41) is 6.35. The number of unbranched alkanes of at least 4 members (excludes halogenated alkanes) is 2. The van der Waals surface area contributed by atoms with Crippen LogP contribution in [0.1, 0.15) is 80.4 Å². The highest BCUT2D eigenvalue weighted by Gasteiger charge is 2.37. The maximum Gasteiger partial charge on any atom is 0.283 e. The highest BCUT2D eigenvalue weighted by Crippen LogP contribution is 2.34. The summed E-state index contributed by atoms with van der Waals surface area (Å²) in [4.78, 5) is 17.1. The van der Waals surface area contributed by atoms with Crippen molar-refractivity contribution in [1.82, 2.24) is 20.1 Å². The van der Waals surface area contributed by atoms with Crippen molar-refractivity contribution in [3.05, 3.63) is 47.3 Å². The molecule has 0 fully saturated rings. The average molecular weight is 396 g/mol. The zero-order valence-corrected chi connectivity index (χ0v) is 16.5. The molecule has 2 rings (SSSR count). The van der Waals surface area contributed by atoms with Crippen molar-refractivity contribution in [2.24, 2.45) is 7.05 Å². The van der Waals surface area contributed by atoms with E-state index >= 15 is 0 Å². The van der Waals surface area contributed by atoms with E-state index in [4.69, 9.17) is 0 Å². The van der Waals surface area contributed by atoms with E-state index in [2.05, 4.69) is 15.4 Å². The van der Waals surface area contributed by atoms with Gasteiger partial charge in [-0.2, -0.15) is 9.49 Å². The number of rotatable bonds is 10. The van der Waals surface area contributed by atoms with Crippen molar-refractivity contribution >= 4 is 5.91 Å². The Morgan fingerprint density at radius 1 is 1.25 bits per heavy atom. The topological polar surface area (TPSA) is 59.8 Å². The van der Waals surface area contributed by atoms with Crippen LogP contribution in [-0.2, 0) is 12.6 Å². The van der Waals surface area contributed by atoms with Crippen LogP contribution in [0.4, 0.5) is 13.2 Å². The third-order valence-corrected chi connectivity index (χ3v) is 4.92. The van der Waals surface area contributed by atoms with Gasteiger partial charge in [0.1, 0.15) is 11.3 Å². The first-order valence-electron chi connectivity index (χ1n) is 9.59. The number of alkyl halides is 2. The van der Waals surface area contributed by atoms with Gasteiger partial charge < -0.3 is 5.32 Å². The van der Waals surface area contributed by atoms with Gasteiger partial charge in [0.05, 0.1) is 5.54 Å². The van der Waals surface area contributed by atoms with Gasteiger partial charge in [0, 0.05) is 19.4 Å². The number of halogens is 3. The Bertz CT molecular complexity index is 769. The van der Waals surface area contributed by atoms with Crippen molar-refractivity contribution in [2.45, 2.75) is 64.3 Å². The summed E-state index contributed by atoms with van der Waals surface area (Å²) in [5.41, 5.74) is -1.56. The lowest BCUT2D eigenvalue weighted by Crippen LogP contribution is -2.46. The molecule has 0 unspecified atom stereocenters. The van der Waals surface area contributed by atoms with Gasteiger partial charge in [0.2, 0.25) is 5.95 Å². The fourth-order valence-corrected chi connectivity index (χ4v) is 3.38. The van der Waals surface area contributed by atoms with Crippen LogP contribution >= 0.6 is 0 Å². The molecule has 154 valence electrons. The van der Waals surface area contributed by atoms with E-state index in [1.165, 1.54) is 7.05 Å². The molecule has 8 heteroatoms. The van der Waals surface area contributed by atoms with Crippen LogP contribution in [0.25, 0.3) is 0 Å². The molecule has 0 atom stereocenters. The Morgan fingerprint density at radius 3 is 2.39 bits per heavy atom. The molecule has 5 nitrogen and oxygen atoms in total. The van der Waals surface area contributed by atoms with Gasteiger partial charge in [-0.3, -0.25) is 9.78 Å². The Kier molecular flexibility index (Phi) is 7.60. The van der Waals surface area contributed by atoms with Crippen molar-refractivity contribution < 1.29 is 18.0 Å². The van der Waals surface area contributed by atoms with Gasteiger partial charge in [0.15, 0.2) is 0 Å². The highest BCUT2D eigenvalue weighted by molar-refractivity contribution is 5.96. The normalized spacial score (nSPS) is 11.8. The van der Waals surface area contributed by atoms with Crippen LogP contribution < -0.4 is 5.32 Å². The lowest BCUT2D eigenvalue weighted by molar-refractivity contribution is 0.0861. The minimum Gasteiger partial charge on any atom is -0.342 e. The Hall–Kier alpha value is -2.38. The quantitative estimate of drug-likeness (QED) is 0.622. The lowest BCUT2D eigenvalue weighted by Gasteiger charge is -2.35. The van der Waals surface area contributed by atoms with Gasteiger partial charge in [-0.1, -0.05) is 45.6 Å². The van der Waals surface area contributed by atoms with Crippen molar-refractivity contribution in [1.29, 1.82) is 0 Å². The molecule has 0 saturated carbocycles. The lowest BCUT2D eigenvalue weighted by atomic mass is 9.81. The van der Waals surface area contributed by atoms with Crippen LogP contribution in [-0.4, -0.2) is 20.7 Å². The number of pyridine rings is 1. The predicted octanol–water partition coefficient (Wildman–Crippen LogP) is 4.90. The fourth-order valence-electron chi connectivity index (χ4n) is 3.38. The summed E-state index contributed by atoms with van der Waals surface area (Å²) in [6, 6.07) is 3.62. The minimum atomic E-state index is -3.05. The highest BCUT2D eigenvalue weighted by atomic mass is 19.3. The van der Waals surface area contributed by atoms with E-state index in [1.54, 1.807) is 18.5 Å². The summed E-state index contributed by atoms with van der Waals surface area (Å²) >= 11 is 0. The summed E-state index contributed by atoms with van der Waals surface area (Å²) in [5.74, 6) is -1.95. The summed E-state index contributed by atoms with van der Waals surface area (Å²) in [6.45, 7) is 4.07. The molecule has 0 aliphatic heterocycles. The third-order valence-electron chi connectivity index (χ3n) is 4.92. The molecule has 0 aliphatic carbocycles.